The summed E-state index contributed by atoms with van der Waals surface area (Å²) in [4.78, 5) is 31.2. The van der Waals surface area contributed by atoms with E-state index in [0.717, 1.165) is 20.1 Å². The maximum atomic E-state index is 12.2. The molecule has 0 aliphatic heterocycles. The molecule has 0 aliphatic carbocycles. The minimum atomic E-state index is -0.361. The third kappa shape index (κ3) is 5.80. The summed E-state index contributed by atoms with van der Waals surface area (Å²) in [6, 6.07) is 17.7. The number of esters is 1. The Balaban J connectivity index is 1.39. The molecule has 0 spiro atoms. The molecule has 27 heavy (non-hydrogen) atoms. The van der Waals surface area contributed by atoms with Crippen molar-refractivity contribution in [1.82, 2.24) is 9.88 Å². The Kier molecular flexibility index (Phi) is 6.84. The first-order valence-corrected chi connectivity index (χ1v) is 10.3. The molecule has 2 aromatic carbocycles. The van der Waals surface area contributed by atoms with Crippen molar-refractivity contribution in [2.45, 2.75) is 17.9 Å². The summed E-state index contributed by atoms with van der Waals surface area (Å²) in [7, 11) is 1.69. The van der Waals surface area contributed by atoms with Gasteiger partial charge in [0.1, 0.15) is 5.01 Å². The average Bonchev–Trinajstić information content (AvgIpc) is 3.09. The molecule has 0 saturated heterocycles. The van der Waals surface area contributed by atoms with E-state index in [1.54, 1.807) is 30.1 Å². The van der Waals surface area contributed by atoms with Crippen molar-refractivity contribution in [3.8, 4) is 0 Å². The van der Waals surface area contributed by atoms with Gasteiger partial charge in [0.15, 0.2) is 6.61 Å². The van der Waals surface area contributed by atoms with Crippen molar-refractivity contribution in [2.24, 2.45) is 0 Å². The lowest BCUT2D eigenvalue weighted by molar-refractivity contribution is -0.151. The molecule has 1 heterocycles. The smallest absolute Gasteiger partial charge is 0.307 e. The van der Waals surface area contributed by atoms with E-state index in [0.29, 0.717) is 12.3 Å². The number of thioether (sulfide) groups is 1. The normalized spacial score (nSPS) is 10.7. The lowest BCUT2D eigenvalue weighted by atomic mass is 10.3. The van der Waals surface area contributed by atoms with Gasteiger partial charge in [0.25, 0.3) is 5.91 Å². The number of para-hydroxylation sites is 1. The van der Waals surface area contributed by atoms with Gasteiger partial charge in [-0.05, 0) is 24.3 Å². The molecule has 0 radical (unpaired) electrons. The van der Waals surface area contributed by atoms with Crippen LogP contribution in [-0.2, 0) is 20.9 Å². The number of aromatic nitrogens is 1. The molecule has 0 bridgehead atoms. The summed E-state index contributed by atoms with van der Waals surface area (Å²) in [6.07, 6.45) is 0.272. The summed E-state index contributed by atoms with van der Waals surface area (Å²) in [6.45, 7) is 0.163. The molecule has 7 heteroatoms. The van der Waals surface area contributed by atoms with Crippen LogP contribution in [0.15, 0.2) is 59.5 Å². The fourth-order valence-corrected chi connectivity index (χ4v) is 4.25. The number of hydrogen-bond acceptors (Lipinski definition) is 6. The molecule has 0 N–H and O–H groups in total. The molecule has 0 unspecified atom stereocenters. The van der Waals surface area contributed by atoms with E-state index in [1.165, 1.54) is 4.90 Å². The molecule has 0 aliphatic rings. The van der Waals surface area contributed by atoms with E-state index >= 15 is 0 Å². The largest absolute Gasteiger partial charge is 0.456 e. The second-order valence-corrected chi connectivity index (χ2v) is 8.18. The van der Waals surface area contributed by atoms with Crippen LogP contribution in [0.4, 0.5) is 0 Å². The number of nitrogens with zero attached hydrogens (tertiary/aromatic N) is 2. The van der Waals surface area contributed by atoms with Crippen LogP contribution < -0.4 is 0 Å². The summed E-state index contributed by atoms with van der Waals surface area (Å²) in [5.41, 5.74) is 0.931. The molecule has 3 aromatic rings. The Morgan fingerprint density at radius 2 is 1.85 bits per heavy atom. The Morgan fingerprint density at radius 3 is 2.63 bits per heavy atom. The Morgan fingerprint density at radius 1 is 1.11 bits per heavy atom. The average molecular weight is 401 g/mol. The Hall–Kier alpha value is -2.38. The lowest BCUT2D eigenvalue weighted by Crippen LogP contribution is -2.30. The quantitative estimate of drug-likeness (QED) is 0.423. The fourth-order valence-electron chi connectivity index (χ4n) is 2.37. The maximum absolute atomic E-state index is 12.2. The SMILES string of the molecule is CN(Cc1nc2ccccc2s1)C(=O)COC(=O)CCSc1ccccc1. The van der Waals surface area contributed by atoms with Gasteiger partial charge in [-0.25, -0.2) is 4.98 Å². The molecule has 1 amide bonds. The Labute approximate surface area is 166 Å². The number of amides is 1. The summed E-state index contributed by atoms with van der Waals surface area (Å²) in [5.74, 6) is 0.0250. The highest BCUT2D eigenvalue weighted by Crippen LogP contribution is 2.22. The van der Waals surface area contributed by atoms with Crippen LogP contribution in [0.25, 0.3) is 10.2 Å². The molecular formula is C20H20N2O3S2. The molecule has 1 aromatic heterocycles. The van der Waals surface area contributed by atoms with Gasteiger partial charge >= 0.3 is 5.97 Å². The van der Waals surface area contributed by atoms with Crippen LogP contribution in [0, 0.1) is 0 Å². The standard InChI is InChI=1S/C20H20N2O3S2/c1-22(13-18-21-16-9-5-6-10-17(16)27-18)19(23)14-25-20(24)11-12-26-15-7-3-2-4-8-15/h2-10H,11-14H2,1H3. The number of carbonyl (C=O) groups is 2. The van der Waals surface area contributed by atoms with Crippen molar-refractivity contribution in [1.29, 1.82) is 0 Å². The van der Waals surface area contributed by atoms with E-state index in [-0.39, 0.29) is 24.9 Å². The van der Waals surface area contributed by atoms with Crippen molar-refractivity contribution in [2.75, 3.05) is 19.4 Å². The summed E-state index contributed by atoms with van der Waals surface area (Å²) < 4.78 is 6.19. The zero-order valence-corrected chi connectivity index (χ0v) is 16.6. The van der Waals surface area contributed by atoms with E-state index in [4.69, 9.17) is 4.74 Å². The van der Waals surface area contributed by atoms with Crippen LogP contribution in [0.3, 0.4) is 0 Å². The highest BCUT2D eigenvalue weighted by molar-refractivity contribution is 7.99. The van der Waals surface area contributed by atoms with Gasteiger partial charge in [0.2, 0.25) is 0 Å². The number of rotatable bonds is 8. The molecule has 0 saturated carbocycles. The molecule has 140 valence electrons. The zero-order valence-electron chi connectivity index (χ0n) is 15.0. The van der Waals surface area contributed by atoms with Gasteiger partial charge < -0.3 is 9.64 Å². The third-order valence-corrected chi connectivity index (χ3v) is 5.85. The second kappa shape index (κ2) is 9.53. The van der Waals surface area contributed by atoms with Crippen molar-refractivity contribution in [3.63, 3.8) is 0 Å². The van der Waals surface area contributed by atoms with Gasteiger partial charge in [-0.3, -0.25) is 9.59 Å². The number of likely N-dealkylation sites (N-methyl/N-ethyl adjacent to an activating group) is 1. The van der Waals surface area contributed by atoms with Crippen LogP contribution in [0.5, 0.6) is 0 Å². The van der Waals surface area contributed by atoms with Gasteiger partial charge in [0.05, 0.1) is 23.2 Å². The van der Waals surface area contributed by atoms with E-state index < -0.39 is 0 Å². The number of hydrogen-bond donors (Lipinski definition) is 0. The van der Waals surface area contributed by atoms with Crippen molar-refractivity contribution >= 4 is 45.2 Å². The lowest BCUT2D eigenvalue weighted by Gasteiger charge is -2.15. The Bertz CT molecular complexity index is 879. The second-order valence-electron chi connectivity index (χ2n) is 5.90. The van der Waals surface area contributed by atoms with Gasteiger partial charge in [-0.15, -0.1) is 23.1 Å². The predicted molar refractivity (Wildman–Crippen MR) is 109 cm³/mol. The van der Waals surface area contributed by atoms with Crippen LogP contribution in [0.1, 0.15) is 11.4 Å². The number of ether oxygens (including phenoxy) is 1. The van der Waals surface area contributed by atoms with Crippen LogP contribution in [0.2, 0.25) is 0 Å². The van der Waals surface area contributed by atoms with Crippen molar-refractivity contribution in [3.05, 3.63) is 59.6 Å². The number of carbonyl (C=O) groups excluding carboxylic acids is 2. The van der Waals surface area contributed by atoms with Gasteiger partial charge in [0, 0.05) is 17.7 Å². The first-order valence-electron chi connectivity index (χ1n) is 8.54. The topological polar surface area (TPSA) is 59.5 Å². The predicted octanol–water partition coefficient (Wildman–Crippen LogP) is 3.98. The van der Waals surface area contributed by atoms with E-state index in [2.05, 4.69) is 4.98 Å². The zero-order chi connectivity index (χ0) is 19.1. The summed E-state index contributed by atoms with van der Waals surface area (Å²) >= 11 is 3.15. The monoisotopic (exact) mass is 400 g/mol. The molecule has 0 fully saturated rings. The minimum Gasteiger partial charge on any atom is -0.456 e. The molecule has 0 atom stereocenters. The van der Waals surface area contributed by atoms with Crippen LogP contribution >= 0.6 is 23.1 Å². The minimum absolute atomic E-state index is 0.238. The number of benzene rings is 2. The summed E-state index contributed by atoms with van der Waals surface area (Å²) in [5, 5.41) is 0.859. The highest BCUT2D eigenvalue weighted by atomic mass is 32.2. The van der Waals surface area contributed by atoms with Gasteiger partial charge in [-0.2, -0.15) is 0 Å². The molecule has 5 nitrogen and oxygen atoms in total. The van der Waals surface area contributed by atoms with Crippen molar-refractivity contribution < 1.29 is 14.3 Å². The first kappa shape index (κ1) is 19.4. The maximum Gasteiger partial charge on any atom is 0.307 e. The van der Waals surface area contributed by atoms with E-state index in [9.17, 15) is 9.59 Å². The van der Waals surface area contributed by atoms with E-state index in [1.807, 2.05) is 54.6 Å². The molecular weight excluding hydrogens is 380 g/mol. The van der Waals surface area contributed by atoms with Crippen LogP contribution in [-0.4, -0.2) is 41.2 Å². The third-order valence-electron chi connectivity index (χ3n) is 3.81. The number of fused-ring (bicyclic) bond motifs is 1. The number of thiazole rings is 1. The van der Waals surface area contributed by atoms with Gasteiger partial charge in [-0.1, -0.05) is 30.3 Å². The fraction of sp³-hybridized carbons (Fsp3) is 0.250. The first-order chi connectivity index (χ1) is 13.1. The molecule has 3 rings (SSSR count). The highest BCUT2D eigenvalue weighted by Gasteiger charge is 2.14.